The number of ether oxygens (including phenoxy) is 1. The van der Waals surface area contributed by atoms with Crippen molar-refractivity contribution in [3.8, 4) is 17.0 Å². The number of carbonyl (C=O) groups excluding carboxylic acids is 1. The number of hydrogen-bond donors (Lipinski definition) is 2. The van der Waals surface area contributed by atoms with Crippen LogP contribution in [0.1, 0.15) is 30.1 Å². The summed E-state index contributed by atoms with van der Waals surface area (Å²) in [6, 6.07) is 12.7. The van der Waals surface area contributed by atoms with Gasteiger partial charge in [0.05, 0.1) is 18.6 Å². The summed E-state index contributed by atoms with van der Waals surface area (Å²) in [5.74, 6) is 0.969. The fourth-order valence-electron chi connectivity index (χ4n) is 2.23. The minimum Gasteiger partial charge on any atom is -0.494 e. The molecule has 2 heterocycles. The lowest BCUT2D eigenvalue weighted by Gasteiger charge is -2.03. The zero-order valence-electron chi connectivity index (χ0n) is 13.9. The van der Waals surface area contributed by atoms with Crippen LogP contribution in [-0.4, -0.2) is 28.4 Å². The molecule has 1 amide bonds. The maximum absolute atomic E-state index is 12.2. The number of aromatic nitrogens is 2. The number of nitrogens with one attached hydrogen (secondary N) is 2. The quantitative estimate of drug-likeness (QED) is 0.533. The molecule has 128 valence electrons. The first-order valence-electron chi connectivity index (χ1n) is 7.84. The van der Waals surface area contributed by atoms with Crippen molar-refractivity contribution in [2.45, 2.75) is 13.8 Å². The third-order valence-corrected chi connectivity index (χ3v) is 3.47. The molecule has 0 aliphatic carbocycles. The molecular formula is C18H18N4O3. The van der Waals surface area contributed by atoms with Gasteiger partial charge in [0.2, 0.25) is 0 Å². The number of nitrogens with zero attached hydrogens (tertiary/aromatic N) is 2. The van der Waals surface area contributed by atoms with Gasteiger partial charge < -0.3 is 9.15 Å². The van der Waals surface area contributed by atoms with E-state index < -0.39 is 0 Å². The van der Waals surface area contributed by atoms with E-state index in [4.69, 9.17) is 9.15 Å². The first kappa shape index (κ1) is 16.5. The molecule has 0 fully saturated rings. The van der Waals surface area contributed by atoms with E-state index in [0.717, 1.165) is 11.3 Å². The molecular weight excluding hydrogens is 320 g/mol. The van der Waals surface area contributed by atoms with Gasteiger partial charge in [-0.1, -0.05) is 12.1 Å². The summed E-state index contributed by atoms with van der Waals surface area (Å²) in [7, 11) is 0. The van der Waals surface area contributed by atoms with Gasteiger partial charge in [-0.15, -0.1) is 0 Å². The van der Waals surface area contributed by atoms with Gasteiger partial charge in [-0.2, -0.15) is 10.2 Å². The second-order valence-electron chi connectivity index (χ2n) is 5.24. The number of hydrogen-bond acceptors (Lipinski definition) is 5. The lowest BCUT2D eigenvalue weighted by molar-refractivity contribution is 0.0950. The Hall–Kier alpha value is -3.35. The zero-order chi connectivity index (χ0) is 17.6. The van der Waals surface area contributed by atoms with Crippen LogP contribution >= 0.6 is 0 Å². The predicted molar refractivity (Wildman–Crippen MR) is 93.6 cm³/mol. The second-order valence-corrected chi connectivity index (χ2v) is 5.24. The van der Waals surface area contributed by atoms with Gasteiger partial charge in [-0.3, -0.25) is 9.89 Å². The number of hydrazone groups is 1. The largest absolute Gasteiger partial charge is 0.494 e. The molecule has 0 atom stereocenters. The van der Waals surface area contributed by atoms with Gasteiger partial charge in [-0.25, -0.2) is 5.43 Å². The van der Waals surface area contributed by atoms with Crippen LogP contribution in [0.25, 0.3) is 11.3 Å². The maximum atomic E-state index is 12.2. The first-order chi connectivity index (χ1) is 12.2. The summed E-state index contributed by atoms with van der Waals surface area (Å²) in [5, 5.41) is 10.9. The summed E-state index contributed by atoms with van der Waals surface area (Å²) in [5.41, 5.74) is 4.87. The normalized spacial score (nSPS) is 11.4. The highest BCUT2D eigenvalue weighted by Gasteiger charge is 2.11. The molecule has 0 spiro atoms. The molecule has 2 aromatic heterocycles. The van der Waals surface area contributed by atoms with Crippen molar-refractivity contribution in [2.75, 3.05) is 6.61 Å². The Morgan fingerprint density at radius 3 is 2.96 bits per heavy atom. The van der Waals surface area contributed by atoms with Crippen molar-refractivity contribution in [3.05, 3.63) is 60.2 Å². The third kappa shape index (κ3) is 3.95. The average Bonchev–Trinajstić information content (AvgIpc) is 3.31. The predicted octanol–water partition coefficient (Wildman–Crippen LogP) is 3.22. The highest BCUT2D eigenvalue weighted by atomic mass is 16.5. The smallest absolute Gasteiger partial charge is 0.289 e. The highest BCUT2D eigenvalue weighted by molar-refractivity contribution is 5.98. The molecule has 0 aliphatic heterocycles. The molecule has 0 radical (unpaired) electrons. The Morgan fingerprint density at radius 2 is 2.20 bits per heavy atom. The molecule has 0 unspecified atom stereocenters. The SMILES string of the molecule is CCOc1cccc(-c2cc(C(=O)N/N=C(/C)c3ccco3)[nH]n2)c1. The minimum absolute atomic E-state index is 0.313. The van der Waals surface area contributed by atoms with Crippen molar-refractivity contribution in [2.24, 2.45) is 5.10 Å². The summed E-state index contributed by atoms with van der Waals surface area (Å²) < 4.78 is 10.7. The molecule has 25 heavy (non-hydrogen) atoms. The maximum Gasteiger partial charge on any atom is 0.289 e. The Bertz CT molecular complexity index is 881. The van der Waals surface area contributed by atoms with Gasteiger partial charge in [0.15, 0.2) is 0 Å². The summed E-state index contributed by atoms with van der Waals surface area (Å²) in [6.45, 7) is 4.26. The number of rotatable bonds is 6. The fourth-order valence-corrected chi connectivity index (χ4v) is 2.23. The first-order valence-corrected chi connectivity index (χ1v) is 7.84. The number of H-pyrrole nitrogens is 1. The number of furan rings is 1. The molecule has 7 nitrogen and oxygen atoms in total. The van der Waals surface area contributed by atoms with Crippen LogP contribution in [0.2, 0.25) is 0 Å². The number of carbonyl (C=O) groups is 1. The van der Waals surface area contributed by atoms with Crippen LogP contribution in [0.15, 0.2) is 58.2 Å². The second kappa shape index (κ2) is 7.48. The van der Waals surface area contributed by atoms with E-state index in [-0.39, 0.29) is 5.91 Å². The Kier molecular flexibility index (Phi) is 4.94. The van der Waals surface area contributed by atoms with Crippen LogP contribution in [0.3, 0.4) is 0 Å². The summed E-state index contributed by atoms with van der Waals surface area (Å²) in [6.07, 6.45) is 1.55. The van der Waals surface area contributed by atoms with Crippen LogP contribution in [0.5, 0.6) is 5.75 Å². The van der Waals surface area contributed by atoms with Crippen LogP contribution in [-0.2, 0) is 0 Å². The van der Waals surface area contributed by atoms with Gasteiger partial charge >= 0.3 is 0 Å². The number of aromatic amines is 1. The molecule has 1 aromatic carbocycles. The van der Waals surface area contributed by atoms with Gasteiger partial charge in [0.1, 0.15) is 22.9 Å². The highest BCUT2D eigenvalue weighted by Crippen LogP contribution is 2.22. The van der Waals surface area contributed by atoms with Crippen LogP contribution < -0.4 is 10.2 Å². The van der Waals surface area contributed by atoms with Crippen molar-refractivity contribution in [3.63, 3.8) is 0 Å². The molecule has 3 rings (SSSR count). The average molecular weight is 338 g/mol. The molecule has 7 heteroatoms. The van der Waals surface area contributed by atoms with Crippen molar-refractivity contribution in [1.82, 2.24) is 15.6 Å². The minimum atomic E-state index is -0.384. The van der Waals surface area contributed by atoms with E-state index in [1.54, 1.807) is 31.4 Å². The molecule has 0 aliphatic rings. The van der Waals surface area contributed by atoms with Gasteiger partial charge in [0, 0.05) is 5.56 Å². The monoisotopic (exact) mass is 338 g/mol. The summed E-state index contributed by atoms with van der Waals surface area (Å²) >= 11 is 0. The van der Waals surface area contributed by atoms with E-state index >= 15 is 0 Å². The van der Waals surface area contributed by atoms with E-state index in [1.807, 2.05) is 31.2 Å². The number of benzene rings is 1. The fraction of sp³-hybridized carbons (Fsp3) is 0.167. The zero-order valence-corrected chi connectivity index (χ0v) is 13.9. The van der Waals surface area contributed by atoms with Gasteiger partial charge in [-0.05, 0) is 44.2 Å². The molecule has 0 saturated heterocycles. The third-order valence-electron chi connectivity index (χ3n) is 3.47. The summed E-state index contributed by atoms with van der Waals surface area (Å²) in [4.78, 5) is 12.2. The Morgan fingerprint density at radius 1 is 1.32 bits per heavy atom. The van der Waals surface area contributed by atoms with E-state index in [2.05, 4.69) is 20.7 Å². The molecule has 0 bridgehead atoms. The van der Waals surface area contributed by atoms with Crippen molar-refractivity contribution in [1.29, 1.82) is 0 Å². The standard InChI is InChI=1S/C18H18N4O3/c1-3-24-14-7-4-6-13(10-14)15-11-16(21-20-15)18(23)22-19-12(2)17-8-5-9-25-17/h4-11H,3H2,1-2H3,(H,20,21)(H,22,23)/b19-12-. The van der Waals surface area contributed by atoms with E-state index in [1.165, 1.54) is 0 Å². The Balaban J connectivity index is 1.71. The topological polar surface area (TPSA) is 92.5 Å². The lowest BCUT2D eigenvalue weighted by Crippen LogP contribution is -2.19. The van der Waals surface area contributed by atoms with E-state index in [9.17, 15) is 4.79 Å². The number of amides is 1. The molecule has 3 aromatic rings. The Labute approximate surface area is 144 Å². The van der Waals surface area contributed by atoms with Crippen LogP contribution in [0.4, 0.5) is 0 Å². The van der Waals surface area contributed by atoms with Crippen molar-refractivity contribution >= 4 is 11.6 Å². The van der Waals surface area contributed by atoms with Crippen LogP contribution in [0, 0.1) is 0 Å². The van der Waals surface area contributed by atoms with Crippen molar-refractivity contribution < 1.29 is 13.9 Å². The molecule has 0 saturated carbocycles. The van der Waals surface area contributed by atoms with Gasteiger partial charge in [0.25, 0.3) is 5.91 Å². The molecule has 2 N–H and O–H groups in total. The lowest BCUT2D eigenvalue weighted by atomic mass is 10.1. The van der Waals surface area contributed by atoms with E-state index in [0.29, 0.717) is 29.5 Å².